The molecule has 0 saturated carbocycles. The Morgan fingerprint density at radius 3 is 3.06 bits per heavy atom. The highest BCUT2D eigenvalue weighted by atomic mass is 35.5. The van der Waals surface area contributed by atoms with E-state index in [0.29, 0.717) is 10.9 Å². The fourth-order valence-corrected chi connectivity index (χ4v) is 2.60. The summed E-state index contributed by atoms with van der Waals surface area (Å²) in [6, 6.07) is 3.62. The Labute approximate surface area is 112 Å². The second kappa shape index (κ2) is 5.67. The third kappa shape index (κ3) is 3.00. The van der Waals surface area contributed by atoms with Crippen molar-refractivity contribution in [3.8, 4) is 0 Å². The van der Waals surface area contributed by atoms with Crippen LogP contribution in [0.3, 0.4) is 0 Å². The predicted molar refractivity (Wildman–Crippen MR) is 69.2 cm³/mol. The lowest BCUT2D eigenvalue weighted by Crippen LogP contribution is -2.24. The SMILES string of the molecule is COC(=O)C1CN(Cc2cc(Cl)ccn2)CC1C. The van der Waals surface area contributed by atoms with Gasteiger partial charge in [-0.15, -0.1) is 0 Å². The van der Waals surface area contributed by atoms with Crippen molar-refractivity contribution in [3.63, 3.8) is 0 Å². The number of aromatic nitrogens is 1. The molecule has 0 amide bonds. The largest absolute Gasteiger partial charge is 0.469 e. The number of rotatable bonds is 3. The summed E-state index contributed by atoms with van der Waals surface area (Å²) < 4.78 is 4.82. The standard InChI is InChI=1S/C13H17ClN2O2/c1-9-6-16(8-12(9)13(17)18-2)7-11-5-10(14)3-4-15-11/h3-5,9,12H,6-8H2,1-2H3. The van der Waals surface area contributed by atoms with E-state index in [4.69, 9.17) is 16.3 Å². The smallest absolute Gasteiger partial charge is 0.310 e. The van der Waals surface area contributed by atoms with E-state index in [9.17, 15) is 4.79 Å². The normalized spacial score (nSPS) is 24.2. The van der Waals surface area contributed by atoms with E-state index in [0.717, 1.165) is 25.3 Å². The number of methoxy groups -OCH3 is 1. The molecule has 18 heavy (non-hydrogen) atoms. The summed E-state index contributed by atoms with van der Waals surface area (Å²) in [6.45, 7) is 4.40. The van der Waals surface area contributed by atoms with Crippen molar-refractivity contribution >= 4 is 17.6 Å². The minimum atomic E-state index is -0.121. The number of hydrogen-bond acceptors (Lipinski definition) is 4. The molecule has 1 saturated heterocycles. The van der Waals surface area contributed by atoms with Crippen LogP contribution in [0, 0.1) is 11.8 Å². The first kappa shape index (κ1) is 13.3. The minimum absolute atomic E-state index is 0.0332. The highest BCUT2D eigenvalue weighted by Crippen LogP contribution is 2.25. The van der Waals surface area contributed by atoms with Crippen LogP contribution in [-0.2, 0) is 16.1 Å². The van der Waals surface area contributed by atoms with Crippen molar-refractivity contribution in [1.82, 2.24) is 9.88 Å². The van der Waals surface area contributed by atoms with Gasteiger partial charge in [0.1, 0.15) is 0 Å². The molecule has 2 atom stereocenters. The number of pyridine rings is 1. The van der Waals surface area contributed by atoms with Crippen LogP contribution in [0.15, 0.2) is 18.3 Å². The molecule has 0 radical (unpaired) electrons. The number of carbonyl (C=O) groups excluding carboxylic acids is 1. The lowest BCUT2D eigenvalue weighted by molar-refractivity contribution is -0.146. The molecule has 1 aromatic rings. The second-order valence-corrected chi connectivity index (χ2v) is 5.20. The van der Waals surface area contributed by atoms with Crippen LogP contribution in [0.5, 0.6) is 0 Å². The van der Waals surface area contributed by atoms with Crippen molar-refractivity contribution < 1.29 is 9.53 Å². The molecule has 4 nitrogen and oxygen atoms in total. The topological polar surface area (TPSA) is 42.4 Å². The monoisotopic (exact) mass is 268 g/mol. The molecule has 5 heteroatoms. The van der Waals surface area contributed by atoms with Crippen LogP contribution in [0.4, 0.5) is 0 Å². The third-order valence-electron chi connectivity index (χ3n) is 3.36. The van der Waals surface area contributed by atoms with E-state index in [2.05, 4.69) is 16.8 Å². The van der Waals surface area contributed by atoms with Crippen molar-refractivity contribution in [2.45, 2.75) is 13.5 Å². The number of halogens is 1. The molecule has 98 valence electrons. The van der Waals surface area contributed by atoms with Crippen LogP contribution in [0.1, 0.15) is 12.6 Å². The quantitative estimate of drug-likeness (QED) is 0.786. The average Bonchev–Trinajstić information content (AvgIpc) is 2.69. The highest BCUT2D eigenvalue weighted by Gasteiger charge is 2.35. The molecule has 1 aliphatic rings. The Morgan fingerprint density at radius 2 is 2.39 bits per heavy atom. The fraction of sp³-hybridized carbons (Fsp3) is 0.538. The van der Waals surface area contributed by atoms with Crippen molar-refractivity contribution in [1.29, 1.82) is 0 Å². The van der Waals surface area contributed by atoms with Gasteiger partial charge in [0.15, 0.2) is 0 Å². The van der Waals surface area contributed by atoms with Gasteiger partial charge in [0.25, 0.3) is 0 Å². The summed E-state index contributed by atoms with van der Waals surface area (Å²) >= 11 is 5.93. The molecule has 1 aliphatic heterocycles. The van der Waals surface area contributed by atoms with Crippen LogP contribution in [0.25, 0.3) is 0 Å². The second-order valence-electron chi connectivity index (χ2n) is 4.77. The molecule has 0 N–H and O–H groups in total. The van der Waals surface area contributed by atoms with Gasteiger partial charge in [-0.2, -0.15) is 0 Å². The Balaban J connectivity index is 1.98. The summed E-state index contributed by atoms with van der Waals surface area (Å²) in [4.78, 5) is 18.1. The van der Waals surface area contributed by atoms with E-state index < -0.39 is 0 Å². The van der Waals surface area contributed by atoms with Gasteiger partial charge < -0.3 is 4.74 Å². The fourth-order valence-electron chi connectivity index (χ4n) is 2.42. The molecule has 2 heterocycles. The maximum atomic E-state index is 11.6. The van der Waals surface area contributed by atoms with Gasteiger partial charge in [-0.05, 0) is 18.1 Å². The van der Waals surface area contributed by atoms with Gasteiger partial charge >= 0.3 is 5.97 Å². The first-order valence-corrected chi connectivity index (χ1v) is 6.38. The zero-order chi connectivity index (χ0) is 13.1. The van der Waals surface area contributed by atoms with Gasteiger partial charge in [0.2, 0.25) is 0 Å². The van der Waals surface area contributed by atoms with Gasteiger partial charge in [0, 0.05) is 30.9 Å². The van der Waals surface area contributed by atoms with Gasteiger partial charge in [-0.25, -0.2) is 0 Å². The van der Waals surface area contributed by atoms with E-state index in [1.54, 1.807) is 12.3 Å². The molecular formula is C13H17ClN2O2. The molecule has 1 fully saturated rings. The summed E-state index contributed by atoms with van der Waals surface area (Å²) in [5, 5.41) is 0.691. The number of hydrogen-bond donors (Lipinski definition) is 0. The third-order valence-corrected chi connectivity index (χ3v) is 3.59. The summed E-state index contributed by atoms with van der Waals surface area (Å²) in [6.07, 6.45) is 1.70. The molecule has 2 rings (SSSR count). The summed E-state index contributed by atoms with van der Waals surface area (Å²) in [5.74, 6) is 0.162. The molecular weight excluding hydrogens is 252 g/mol. The van der Waals surface area contributed by atoms with Crippen molar-refractivity contribution in [3.05, 3.63) is 29.0 Å². The average molecular weight is 269 g/mol. The van der Waals surface area contributed by atoms with Crippen molar-refractivity contribution in [2.24, 2.45) is 11.8 Å². The lowest BCUT2D eigenvalue weighted by Gasteiger charge is -2.14. The van der Waals surface area contributed by atoms with E-state index >= 15 is 0 Å². The maximum absolute atomic E-state index is 11.6. The van der Waals surface area contributed by atoms with E-state index in [1.165, 1.54) is 7.11 Å². The molecule has 0 aromatic carbocycles. The predicted octanol–water partition coefficient (Wildman–Crippen LogP) is 1.98. The van der Waals surface area contributed by atoms with Crippen LogP contribution in [-0.4, -0.2) is 36.1 Å². The van der Waals surface area contributed by atoms with Gasteiger partial charge in [-0.1, -0.05) is 18.5 Å². The zero-order valence-corrected chi connectivity index (χ0v) is 11.4. The Hall–Kier alpha value is -1.13. The number of ether oxygens (including phenoxy) is 1. The summed E-state index contributed by atoms with van der Waals surface area (Å²) in [5.41, 5.74) is 0.931. The Kier molecular flexibility index (Phi) is 4.19. The number of carbonyl (C=O) groups is 1. The van der Waals surface area contributed by atoms with Gasteiger partial charge in [-0.3, -0.25) is 14.7 Å². The Bertz CT molecular complexity index is 439. The van der Waals surface area contributed by atoms with Crippen LogP contribution < -0.4 is 0 Å². The van der Waals surface area contributed by atoms with E-state index in [-0.39, 0.29) is 11.9 Å². The lowest BCUT2D eigenvalue weighted by atomic mass is 9.99. The number of likely N-dealkylation sites (tertiary alicyclic amines) is 1. The molecule has 2 unspecified atom stereocenters. The maximum Gasteiger partial charge on any atom is 0.310 e. The molecule has 0 spiro atoms. The zero-order valence-electron chi connectivity index (χ0n) is 10.6. The molecule has 0 bridgehead atoms. The van der Waals surface area contributed by atoms with Crippen LogP contribution in [0.2, 0.25) is 5.02 Å². The Morgan fingerprint density at radius 1 is 1.61 bits per heavy atom. The highest BCUT2D eigenvalue weighted by molar-refractivity contribution is 6.30. The molecule has 0 aliphatic carbocycles. The van der Waals surface area contributed by atoms with Crippen LogP contribution >= 0.6 is 11.6 Å². The number of esters is 1. The van der Waals surface area contributed by atoms with Gasteiger partial charge in [0.05, 0.1) is 18.7 Å². The first-order valence-electron chi connectivity index (χ1n) is 6.00. The van der Waals surface area contributed by atoms with E-state index in [1.807, 2.05) is 6.07 Å². The first-order chi connectivity index (χ1) is 8.60. The minimum Gasteiger partial charge on any atom is -0.469 e. The number of nitrogens with zero attached hydrogens (tertiary/aromatic N) is 2. The summed E-state index contributed by atoms with van der Waals surface area (Å²) in [7, 11) is 1.44. The molecule has 1 aromatic heterocycles. The van der Waals surface area contributed by atoms with Crippen molar-refractivity contribution in [2.75, 3.05) is 20.2 Å².